The number of oxazole rings is 1. The van der Waals surface area contributed by atoms with Gasteiger partial charge in [0, 0.05) is 29.6 Å². The lowest BCUT2D eigenvalue weighted by Crippen LogP contribution is -2.12. The molecule has 0 aliphatic carbocycles. The van der Waals surface area contributed by atoms with Crippen LogP contribution in [0.15, 0.2) is 83.5 Å². The molecule has 29 heavy (non-hydrogen) atoms. The van der Waals surface area contributed by atoms with Crippen LogP contribution in [0.25, 0.3) is 33.3 Å². The number of aromatic nitrogens is 2. The fourth-order valence-corrected chi connectivity index (χ4v) is 3.31. The van der Waals surface area contributed by atoms with Crippen LogP contribution < -0.4 is 5.32 Å². The SMILES string of the molecule is O=C(Nc1ccc(-c2nc3cnccc3o2)c(O)c1)c1cccc2ccccc12. The molecule has 2 aromatic heterocycles. The van der Waals surface area contributed by atoms with Gasteiger partial charge in [0.15, 0.2) is 5.58 Å². The Morgan fingerprint density at radius 1 is 1.00 bits per heavy atom. The number of hydrogen-bond donors (Lipinski definition) is 2. The molecule has 0 bridgehead atoms. The minimum absolute atomic E-state index is 0.0414. The van der Waals surface area contributed by atoms with Crippen molar-refractivity contribution < 1.29 is 14.3 Å². The van der Waals surface area contributed by atoms with E-state index < -0.39 is 0 Å². The van der Waals surface area contributed by atoms with E-state index in [0.717, 1.165) is 10.8 Å². The van der Waals surface area contributed by atoms with Crippen molar-refractivity contribution in [3.63, 3.8) is 0 Å². The average molecular weight is 381 g/mol. The van der Waals surface area contributed by atoms with Crippen molar-refractivity contribution in [3.8, 4) is 17.2 Å². The zero-order chi connectivity index (χ0) is 19.8. The fraction of sp³-hybridized carbons (Fsp3) is 0. The number of phenols is 1. The predicted octanol–water partition coefficient (Wildman–Crippen LogP) is 5.00. The molecule has 6 nitrogen and oxygen atoms in total. The number of nitrogens with zero attached hydrogens (tertiary/aromatic N) is 2. The molecule has 0 saturated heterocycles. The summed E-state index contributed by atoms with van der Waals surface area (Å²) in [4.78, 5) is 21.1. The normalized spacial score (nSPS) is 11.0. The molecule has 3 aromatic carbocycles. The highest BCUT2D eigenvalue weighted by atomic mass is 16.3. The number of carbonyl (C=O) groups is 1. The van der Waals surface area contributed by atoms with Gasteiger partial charge in [0.25, 0.3) is 5.91 Å². The van der Waals surface area contributed by atoms with E-state index in [4.69, 9.17) is 4.42 Å². The monoisotopic (exact) mass is 381 g/mol. The van der Waals surface area contributed by atoms with Crippen LogP contribution >= 0.6 is 0 Å². The van der Waals surface area contributed by atoms with Gasteiger partial charge < -0.3 is 14.8 Å². The number of nitrogens with one attached hydrogen (secondary N) is 1. The van der Waals surface area contributed by atoms with Gasteiger partial charge >= 0.3 is 0 Å². The van der Waals surface area contributed by atoms with Gasteiger partial charge in [-0.3, -0.25) is 9.78 Å². The first-order valence-corrected chi connectivity index (χ1v) is 9.02. The quantitative estimate of drug-likeness (QED) is 0.459. The lowest BCUT2D eigenvalue weighted by atomic mass is 10.0. The predicted molar refractivity (Wildman–Crippen MR) is 111 cm³/mol. The fourth-order valence-electron chi connectivity index (χ4n) is 3.31. The molecule has 0 radical (unpaired) electrons. The summed E-state index contributed by atoms with van der Waals surface area (Å²) >= 11 is 0. The number of phenolic OH excluding ortho intramolecular Hbond substituents is 1. The molecule has 2 N–H and O–H groups in total. The van der Waals surface area contributed by atoms with Crippen LogP contribution in [0.3, 0.4) is 0 Å². The van der Waals surface area contributed by atoms with Gasteiger partial charge in [0.05, 0.1) is 11.8 Å². The number of carbonyl (C=O) groups excluding carboxylic acids is 1. The molecule has 0 fully saturated rings. The maximum Gasteiger partial charge on any atom is 0.256 e. The largest absolute Gasteiger partial charge is 0.507 e. The van der Waals surface area contributed by atoms with E-state index in [2.05, 4.69) is 15.3 Å². The number of amides is 1. The van der Waals surface area contributed by atoms with Crippen molar-refractivity contribution in [2.75, 3.05) is 5.32 Å². The highest BCUT2D eigenvalue weighted by molar-refractivity contribution is 6.13. The molecule has 6 heteroatoms. The summed E-state index contributed by atoms with van der Waals surface area (Å²) in [5.41, 5.74) is 2.67. The highest BCUT2D eigenvalue weighted by Gasteiger charge is 2.15. The first kappa shape index (κ1) is 16.9. The number of aromatic hydroxyl groups is 1. The van der Waals surface area contributed by atoms with E-state index in [0.29, 0.717) is 27.9 Å². The van der Waals surface area contributed by atoms with Crippen molar-refractivity contribution in [1.29, 1.82) is 0 Å². The third-order valence-electron chi connectivity index (χ3n) is 4.71. The summed E-state index contributed by atoms with van der Waals surface area (Å²) in [5.74, 6) is -0.000415. The Labute approximate surface area is 165 Å². The maximum absolute atomic E-state index is 12.8. The summed E-state index contributed by atoms with van der Waals surface area (Å²) in [6.07, 6.45) is 3.21. The van der Waals surface area contributed by atoms with Crippen molar-refractivity contribution in [3.05, 3.63) is 84.7 Å². The van der Waals surface area contributed by atoms with Crippen LogP contribution in [-0.2, 0) is 0 Å². The Bertz CT molecular complexity index is 1340. The molecule has 2 heterocycles. The van der Waals surface area contributed by atoms with Crippen LogP contribution in [0, 0.1) is 0 Å². The van der Waals surface area contributed by atoms with Gasteiger partial charge in [-0.05, 0) is 29.0 Å². The Morgan fingerprint density at radius 2 is 1.86 bits per heavy atom. The molecule has 1 amide bonds. The van der Waals surface area contributed by atoms with E-state index in [9.17, 15) is 9.90 Å². The van der Waals surface area contributed by atoms with Crippen molar-refractivity contribution in [1.82, 2.24) is 9.97 Å². The molecule has 5 rings (SSSR count). The molecule has 0 unspecified atom stereocenters. The van der Waals surface area contributed by atoms with E-state index in [-0.39, 0.29) is 17.5 Å². The Hall–Kier alpha value is -4.19. The van der Waals surface area contributed by atoms with Crippen LogP contribution in [0.5, 0.6) is 5.75 Å². The molecular weight excluding hydrogens is 366 g/mol. The van der Waals surface area contributed by atoms with Crippen molar-refractivity contribution in [2.24, 2.45) is 0 Å². The molecular formula is C23H15N3O3. The van der Waals surface area contributed by atoms with Gasteiger partial charge in [0.2, 0.25) is 5.89 Å². The summed E-state index contributed by atoms with van der Waals surface area (Å²) in [6.45, 7) is 0. The Balaban J connectivity index is 1.45. The summed E-state index contributed by atoms with van der Waals surface area (Å²) < 4.78 is 5.67. The lowest BCUT2D eigenvalue weighted by Gasteiger charge is -2.09. The van der Waals surface area contributed by atoms with Crippen molar-refractivity contribution >= 4 is 33.5 Å². The number of rotatable bonds is 3. The van der Waals surface area contributed by atoms with Gasteiger partial charge in [0.1, 0.15) is 11.3 Å². The molecule has 0 aliphatic rings. The molecule has 5 aromatic rings. The molecule has 0 spiro atoms. The van der Waals surface area contributed by atoms with Crippen LogP contribution in [-0.4, -0.2) is 21.0 Å². The van der Waals surface area contributed by atoms with Gasteiger partial charge in [-0.1, -0.05) is 36.4 Å². The van der Waals surface area contributed by atoms with E-state index in [1.54, 1.807) is 36.7 Å². The van der Waals surface area contributed by atoms with Crippen LogP contribution in [0.2, 0.25) is 0 Å². The molecule has 0 saturated carbocycles. The summed E-state index contributed by atoms with van der Waals surface area (Å²) in [7, 11) is 0. The zero-order valence-corrected chi connectivity index (χ0v) is 15.2. The van der Waals surface area contributed by atoms with E-state index >= 15 is 0 Å². The lowest BCUT2D eigenvalue weighted by molar-refractivity contribution is 0.102. The minimum atomic E-state index is -0.248. The van der Waals surface area contributed by atoms with Gasteiger partial charge in [-0.15, -0.1) is 0 Å². The van der Waals surface area contributed by atoms with E-state index in [1.807, 2.05) is 36.4 Å². The number of hydrogen-bond acceptors (Lipinski definition) is 5. The minimum Gasteiger partial charge on any atom is -0.507 e. The van der Waals surface area contributed by atoms with Crippen LogP contribution in [0.4, 0.5) is 5.69 Å². The van der Waals surface area contributed by atoms with Crippen LogP contribution in [0.1, 0.15) is 10.4 Å². The number of benzene rings is 3. The topological polar surface area (TPSA) is 88.3 Å². The third-order valence-corrected chi connectivity index (χ3v) is 4.71. The zero-order valence-electron chi connectivity index (χ0n) is 15.2. The smallest absolute Gasteiger partial charge is 0.256 e. The van der Waals surface area contributed by atoms with Crippen molar-refractivity contribution in [2.45, 2.75) is 0 Å². The Morgan fingerprint density at radius 3 is 2.72 bits per heavy atom. The molecule has 0 atom stereocenters. The summed E-state index contributed by atoms with van der Waals surface area (Å²) in [5, 5.41) is 15.2. The number of anilines is 1. The second-order valence-electron chi connectivity index (χ2n) is 6.58. The first-order valence-electron chi connectivity index (χ1n) is 9.02. The third kappa shape index (κ3) is 3.06. The Kier molecular flexibility index (Phi) is 3.95. The standard InChI is InChI=1S/C23H15N3O3/c27-20-12-15(8-9-18(20)23-26-19-13-24-11-10-21(19)29-23)25-22(28)17-7-3-5-14-4-1-2-6-16(14)17/h1-13,27H,(H,25,28). The molecule has 140 valence electrons. The second kappa shape index (κ2) is 6.76. The summed E-state index contributed by atoms with van der Waals surface area (Å²) in [6, 6.07) is 19.8. The second-order valence-corrected chi connectivity index (χ2v) is 6.58. The molecule has 0 aliphatic heterocycles. The number of fused-ring (bicyclic) bond motifs is 2. The van der Waals surface area contributed by atoms with E-state index in [1.165, 1.54) is 6.07 Å². The average Bonchev–Trinajstić information content (AvgIpc) is 3.17. The maximum atomic E-state index is 12.8. The highest BCUT2D eigenvalue weighted by Crippen LogP contribution is 2.33. The van der Waals surface area contributed by atoms with Gasteiger partial charge in [-0.25, -0.2) is 4.98 Å². The first-order chi connectivity index (χ1) is 14.2. The number of pyridine rings is 1. The van der Waals surface area contributed by atoms with Gasteiger partial charge in [-0.2, -0.15) is 0 Å².